The highest BCUT2D eigenvalue weighted by molar-refractivity contribution is 7.90. The minimum absolute atomic E-state index is 0.0117. The lowest BCUT2D eigenvalue weighted by molar-refractivity contribution is 0.175. The average Bonchev–Trinajstić information content (AvgIpc) is 2.72. The smallest absolute Gasteiger partial charge is 0.147 e. The Morgan fingerprint density at radius 2 is 2.24 bits per heavy atom. The van der Waals surface area contributed by atoms with Crippen LogP contribution >= 0.6 is 0 Å². The average molecular weight is 255 g/mol. The van der Waals surface area contributed by atoms with Gasteiger partial charge in [0.05, 0.1) is 11.9 Å². The van der Waals surface area contributed by atoms with Gasteiger partial charge in [0.1, 0.15) is 9.84 Å². The van der Waals surface area contributed by atoms with Crippen LogP contribution in [0.5, 0.6) is 0 Å². The summed E-state index contributed by atoms with van der Waals surface area (Å²) in [5, 5.41) is 13.3. The lowest BCUT2D eigenvalue weighted by Gasteiger charge is -2.14. The third kappa shape index (κ3) is 2.98. The van der Waals surface area contributed by atoms with Crippen LogP contribution in [-0.4, -0.2) is 32.1 Å². The molecule has 1 atom stereocenters. The molecule has 4 nitrogen and oxygen atoms in total. The van der Waals surface area contributed by atoms with Crippen molar-refractivity contribution >= 4 is 15.5 Å². The van der Waals surface area contributed by atoms with E-state index in [4.69, 9.17) is 0 Å². The first kappa shape index (κ1) is 12.4. The summed E-state index contributed by atoms with van der Waals surface area (Å²) >= 11 is 0. The number of para-hydroxylation sites is 1. The van der Waals surface area contributed by atoms with E-state index < -0.39 is 15.9 Å². The highest BCUT2D eigenvalue weighted by atomic mass is 32.2. The van der Waals surface area contributed by atoms with Gasteiger partial charge in [0.25, 0.3) is 0 Å². The highest BCUT2D eigenvalue weighted by Gasteiger charge is 2.19. The van der Waals surface area contributed by atoms with E-state index in [-0.39, 0.29) is 12.2 Å². The monoisotopic (exact) mass is 255 g/mol. The minimum atomic E-state index is -3.02. The summed E-state index contributed by atoms with van der Waals surface area (Å²) in [6.07, 6.45) is 1.68. The van der Waals surface area contributed by atoms with Crippen LogP contribution in [0.3, 0.4) is 0 Å². The molecule has 2 N–H and O–H groups in total. The van der Waals surface area contributed by atoms with Gasteiger partial charge in [-0.1, -0.05) is 18.2 Å². The second kappa shape index (κ2) is 4.66. The first-order valence-corrected chi connectivity index (χ1v) is 7.75. The number of aliphatic hydroxyl groups is 1. The molecule has 0 spiro atoms. The largest absolute Gasteiger partial charge is 0.388 e. The van der Waals surface area contributed by atoms with Crippen molar-refractivity contribution in [1.82, 2.24) is 0 Å². The minimum Gasteiger partial charge on any atom is -0.388 e. The third-order valence-corrected chi connectivity index (χ3v) is 3.98. The van der Waals surface area contributed by atoms with Gasteiger partial charge < -0.3 is 10.4 Å². The molecule has 1 heterocycles. The van der Waals surface area contributed by atoms with E-state index >= 15 is 0 Å². The zero-order valence-corrected chi connectivity index (χ0v) is 10.6. The molecule has 0 amide bonds. The second-order valence-corrected chi connectivity index (χ2v) is 6.75. The number of rotatable bonds is 4. The third-order valence-electron chi connectivity index (χ3n) is 3.00. The SMILES string of the molecule is CS(=O)(=O)CCC(O)c1cccc2c1NCC2. The maximum atomic E-state index is 11.1. The van der Waals surface area contributed by atoms with Gasteiger partial charge >= 0.3 is 0 Å². The van der Waals surface area contributed by atoms with Gasteiger partial charge in [0.15, 0.2) is 0 Å². The molecule has 2 rings (SSSR count). The van der Waals surface area contributed by atoms with Crippen LogP contribution in [0.2, 0.25) is 0 Å². The summed E-state index contributed by atoms with van der Waals surface area (Å²) in [7, 11) is -3.02. The van der Waals surface area contributed by atoms with E-state index in [0.717, 1.165) is 24.2 Å². The molecule has 0 saturated carbocycles. The Bertz CT molecular complexity index is 510. The number of fused-ring (bicyclic) bond motifs is 1. The summed E-state index contributed by atoms with van der Waals surface area (Å²) in [6.45, 7) is 0.880. The van der Waals surface area contributed by atoms with E-state index in [2.05, 4.69) is 5.32 Å². The van der Waals surface area contributed by atoms with Gasteiger partial charge in [0.2, 0.25) is 0 Å². The molecule has 94 valence electrons. The molecule has 5 heteroatoms. The fourth-order valence-corrected chi connectivity index (χ4v) is 2.78. The van der Waals surface area contributed by atoms with E-state index in [1.54, 1.807) is 0 Å². The molecule has 1 aliphatic rings. The van der Waals surface area contributed by atoms with Crippen LogP contribution in [0.1, 0.15) is 23.7 Å². The van der Waals surface area contributed by atoms with Crippen molar-refractivity contribution in [1.29, 1.82) is 0 Å². The number of hydrogen-bond donors (Lipinski definition) is 2. The van der Waals surface area contributed by atoms with E-state index in [1.807, 2.05) is 18.2 Å². The Balaban J connectivity index is 2.15. The molecule has 1 unspecified atom stereocenters. The first-order valence-electron chi connectivity index (χ1n) is 5.69. The van der Waals surface area contributed by atoms with Crippen molar-refractivity contribution in [3.8, 4) is 0 Å². The van der Waals surface area contributed by atoms with Crippen LogP contribution in [0, 0.1) is 0 Å². The summed E-state index contributed by atoms with van der Waals surface area (Å²) in [5.74, 6) is 0.0117. The predicted molar refractivity (Wildman–Crippen MR) is 67.9 cm³/mol. The Morgan fingerprint density at radius 3 is 2.94 bits per heavy atom. The summed E-state index contributed by atoms with van der Waals surface area (Å²) in [5.41, 5.74) is 2.98. The highest BCUT2D eigenvalue weighted by Crippen LogP contribution is 2.32. The van der Waals surface area contributed by atoms with E-state index in [9.17, 15) is 13.5 Å². The molecule has 17 heavy (non-hydrogen) atoms. The number of anilines is 1. The number of nitrogens with one attached hydrogen (secondary N) is 1. The topological polar surface area (TPSA) is 66.4 Å². The zero-order chi connectivity index (χ0) is 12.5. The summed E-state index contributed by atoms with van der Waals surface area (Å²) in [6, 6.07) is 5.79. The molecule has 1 aromatic carbocycles. The number of hydrogen-bond acceptors (Lipinski definition) is 4. The lowest BCUT2D eigenvalue weighted by atomic mass is 10.0. The fourth-order valence-electron chi connectivity index (χ4n) is 2.12. The Morgan fingerprint density at radius 1 is 1.47 bits per heavy atom. The number of sulfone groups is 1. The van der Waals surface area contributed by atoms with Crippen LogP contribution in [-0.2, 0) is 16.3 Å². The molecule has 0 aliphatic carbocycles. The Hall–Kier alpha value is -1.07. The maximum Gasteiger partial charge on any atom is 0.147 e. The van der Waals surface area contributed by atoms with Gasteiger partial charge in [-0.25, -0.2) is 8.42 Å². The van der Waals surface area contributed by atoms with Crippen molar-refractivity contribution < 1.29 is 13.5 Å². The van der Waals surface area contributed by atoms with Gasteiger partial charge in [0, 0.05) is 24.1 Å². The van der Waals surface area contributed by atoms with Gasteiger partial charge in [-0.3, -0.25) is 0 Å². The quantitative estimate of drug-likeness (QED) is 0.846. The van der Waals surface area contributed by atoms with Gasteiger partial charge in [-0.05, 0) is 18.4 Å². The molecule has 0 bridgehead atoms. The molecule has 0 saturated heterocycles. The molecular weight excluding hydrogens is 238 g/mol. The summed E-state index contributed by atoms with van der Waals surface area (Å²) in [4.78, 5) is 0. The Labute approximate surface area is 102 Å². The molecular formula is C12H17NO3S. The Kier molecular flexibility index (Phi) is 3.40. The van der Waals surface area contributed by atoms with Gasteiger partial charge in [-0.2, -0.15) is 0 Å². The zero-order valence-electron chi connectivity index (χ0n) is 9.81. The van der Waals surface area contributed by atoms with Crippen molar-refractivity contribution in [3.05, 3.63) is 29.3 Å². The van der Waals surface area contributed by atoms with Crippen LogP contribution in [0.4, 0.5) is 5.69 Å². The molecule has 0 aromatic heterocycles. The van der Waals surface area contributed by atoms with Crippen molar-refractivity contribution in [2.45, 2.75) is 18.9 Å². The van der Waals surface area contributed by atoms with Crippen molar-refractivity contribution in [3.63, 3.8) is 0 Å². The molecule has 0 radical (unpaired) electrons. The van der Waals surface area contributed by atoms with Crippen LogP contribution < -0.4 is 5.32 Å². The number of aliphatic hydroxyl groups excluding tert-OH is 1. The summed E-state index contributed by atoms with van der Waals surface area (Å²) < 4.78 is 22.1. The molecule has 1 aliphatic heterocycles. The normalized spacial score (nSPS) is 16.4. The van der Waals surface area contributed by atoms with E-state index in [1.165, 1.54) is 11.8 Å². The predicted octanol–water partition coefficient (Wildman–Crippen LogP) is 1.12. The lowest BCUT2D eigenvalue weighted by Crippen LogP contribution is -2.09. The van der Waals surface area contributed by atoms with Gasteiger partial charge in [-0.15, -0.1) is 0 Å². The fraction of sp³-hybridized carbons (Fsp3) is 0.500. The first-order chi connectivity index (χ1) is 7.97. The molecule has 0 fully saturated rings. The standard InChI is InChI=1S/C12H17NO3S/c1-17(15,16)8-6-11(14)10-4-2-3-9-5-7-13-12(9)10/h2-4,11,13-14H,5-8H2,1H3. The van der Waals surface area contributed by atoms with Crippen molar-refractivity contribution in [2.24, 2.45) is 0 Å². The second-order valence-electron chi connectivity index (χ2n) is 4.49. The number of benzene rings is 1. The van der Waals surface area contributed by atoms with E-state index in [0.29, 0.717) is 0 Å². The molecule has 1 aromatic rings. The maximum absolute atomic E-state index is 11.1. The van der Waals surface area contributed by atoms with Crippen LogP contribution in [0.15, 0.2) is 18.2 Å². The van der Waals surface area contributed by atoms with Crippen LogP contribution in [0.25, 0.3) is 0 Å². The van der Waals surface area contributed by atoms with Crippen molar-refractivity contribution in [2.75, 3.05) is 23.9 Å².